The van der Waals surface area contributed by atoms with Crippen LogP contribution in [-0.2, 0) is 6.54 Å². The highest BCUT2D eigenvalue weighted by Crippen LogP contribution is 2.16. The standard InChI is InChI=1S/C17H24FN3/c1-3-20(4-2)13-11-19-14-15-8-7-12-21(15)17-10-6-5-9-16(17)18/h5-10,12,19H,3-4,11,13-14H2,1-2H3. The van der Waals surface area contributed by atoms with E-state index in [0.29, 0.717) is 5.69 Å². The van der Waals surface area contributed by atoms with Gasteiger partial charge in [0.25, 0.3) is 0 Å². The van der Waals surface area contributed by atoms with E-state index in [1.807, 2.05) is 29.0 Å². The lowest BCUT2D eigenvalue weighted by molar-refractivity contribution is 0.302. The van der Waals surface area contributed by atoms with Gasteiger partial charge in [-0.1, -0.05) is 26.0 Å². The Hall–Kier alpha value is -1.65. The maximum Gasteiger partial charge on any atom is 0.147 e. The first-order valence-electron chi connectivity index (χ1n) is 7.60. The minimum absolute atomic E-state index is 0.196. The highest BCUT2D eigenvalue weighted by molar-refractivity contribution is 5.36. The van der Waals surface area contributed by atoms with Crippen LogP contribution in [-0.4, -0.2) is 35.6 Å². The number of hydrogen-bond acceptors (Lipinski definition) is 2. The van der Waals surface area contributed by atoms with Crippen molar-refractivity contribution in [3.8, 4) is 5.69 Å². The van der Waals surface area contributed by atoms with Gasteiger partial charge in [0.05, 0.1) is 5.69 Å². The van der Waals surface area contributed by atoms with Crippen LogP contribution < -0.4 is 5.32 Å². The second-order valence-corrected chi connectivity index (χ2v) is 5.02. The lowest BCUT2D eigenvalue weighted by atomic mass is 10.3. The summed E-state index contributed by atoms with van der Waals surface area (Å²) < 4.78 is 15.8. The quantitative estimate of drug-likeness (QED) is 0.754. The van der Waals surface area contributed by atoms with Gasteiger partial charge in [0.1, 0.15) is 5.82 Å². The number of hydrogen-bond donors (Lipinski definition) is 1. The Morgan fingerprint density at radius 3 is 2.57 bits per heavy atom. The first kappa shape index (κ1) is 15.7. The van der Waals surface area contributed by atoms with E-state index in [1.54, 1.807) is 12.1 Å². The molecule has 1 N–H and O–H groups in total. The van der Waals surface area contributed by atoms with E-state index in [-0.39, 0.29) is 5.82 Å². The molecule has 0 aliphatic carbocycles. The van der Waals surface area contributed by atoms with Gasteiger partial charge in [-0.15, -0.1) is 0 Å². The maximum absolute atomic E-state index is 13.9. The molecule has 1 aromatic heterocycles. The number of nitrogens with zero attached hydrogens (tertiary/aromatic N) is 2. The van der Waals surface area contributed by atoms with Gasteiger partial charge in [-0.2, -0.15) is 0 Å². The van der Waals surface area contributed by atoms with Gasteiger partial charge >= 0.3 is 0 Å². The molecule has 0 spiro atoms. The Labute approximate surface area is 126 Å². The number of benzene rings is 1. The summed E-state index contributed by atoms with van der Waals surface area (Å²) in [7, 11) is 0. The molecule has 1 heterocycles. The van der Waals surface area contributed by atoms with Crippen molar-refractivity contribution in [2.45, 2.75) is 20.4 Å². The number of likely N-dealkylation sites (N-methyl/N-ethyl adjacent to an activating group) is 1. The fourth-order valence-electron chi connectivity index (χ4n) is 2.44. The normalized spacial score (nSPS) is 11.2. The molecule has 0 fully saturated rings. The van der Waals surface area contributed by atoms with Crippen LogP contribution in [0.1, 0.15) is 19.5 Å². The second kappa shape index (κ2) is 7.96. The third kappa shape index (κ3) is 4.16. The summed E-state index contributed by atoms with van der Waals surface area (Å²) in [6, 6.07) is 10.8. The molecule has 2 rings (SSSR count). The van der Waals surface area contributed by atoms with E-state index in [4.69, 9.17) is 0 Å². The Morgan fingerprint density at radius 2 is 1.86 bits per heavy atom. The van der Waals surface area contributed by atoms with Crippen LogP contribution in [0, 0.1) is 5.82 Å². The molecule has 0 bridgehead atoms. The molecule has 114 valence electrons. The number of rotatable bonds is 8. The van der Waals surface area contributed by atoms with Crippen LogP contribution in [0.5, 0.6) is 0 Å². The van der Waals surface area contributed by atoms with Crippen molar-refractivity contribution in [3.63, 3.8) is 0 Å². The fourth-order valence-corrected chi connectivity index (χ4v) is 2.44. The molecule has 0 saturated heterocycles. The summed E-state index contributed by atoms with van der Waals surface area (Å²) in [4.78, 5) is 2.38. The average Bonchev–Trinajstić information content (AvgIpc) is 2.96. The van der Waals surface area contributed by atoms with Crippen molar-refractivity contribution in [2.75, 3.05) is 26.2 Å². The Balaban J connectivity index is 1.94. The SMILES string of the molecule is CCN(CC)CCNCc1cccn1-c1ccccc1F. The summed E-state index contributed by atoms with van der Waals surface area (Å²) in [6.07, 6.45) is 1.90. The van der Waals surface area contributed by atoms with Crippen LogP contribution in [0.4, 0.5) is 4.39 Å². The van der Waals surface area contributed by atoms with Gasteiger partial charge in [0.2, 0.25) is 0 Å². The lowest BCUT2D eigenvalue weighted by Gasteiger charge is -2.18. The molecule has 0 aliphatic heterocycles. The predicted molar refractivity (Wildman–Crippen MR) is 85.2 cm³/mol. The molecule has 3 nitrogen and oxygen atoms in total. The molecule has 0 unspecified atom stereocenters. The largest absolute Gasteiger partial charge is 0.317 e. The Kier molecular flexibility index (Phi) is 5.96. The first-order chi connectivity index (χ1) is 10.3. The van der Waals surface area contributed by atoms with Gasteiger partial charge in [-0.05, 0) is 37.4 Å². The Bertz CT molecular complexity index is 546. The van der Waals surface area contributed by atoms with Crippen molar-refractivity contribution >= 4 is 0 Å². The number of nitrogens with one attached hydrogen (secondary N) is 1. The summed E-state index contributed by atoms with van der Waals surface area (Å²) in [6.45, 7) is 9.20. The summed E-state index contributed by atoms with van der Waals surface area (Å²) in [5.41, 5.74) is 1.67. The zero-order valence-corrected chi connectivity index (χ0v) is 12.8. The van der Waals surface area contributed by atoms with Crippen LogP contribution in [0.3, 0.4) is 0 Å². The van der Waals surface area contributed by atoms with Gasteiger partial charge in [-0.3, -0.25) is 0 Å². The number of halogens is 1. The molecule has 0 radical (unpaired) electrons. The topological polar surface area (TPSA) is 20.2 Å². The molecule has 2 aromatic rings. The fraction of sp³-hybridized carbons (Fsp3) is 0.412. The van der Waals surface area contributed by atoms with E-state index in [0.717, 1.165) is 38.4 Å². The van der Waals surface area contributed by atoms with E-state index in [9.17, 15) is 4.39 Å². The van der Waals surface area contributed by atoms with Crippen molar-refractivity contribution in [1.82, 2.24) is 14.8 Å². The van der Waals surface area contributed by atoms with E-state index < -0.39 is 0 Å². The molecule has 0 amide bonds. The van der Waals surface area contributed by atoms with Gasteiger partial charge < -0.3 is 14.8 Å². The van der Waals surface area contributed by atoms with Gasteiger partial charge in [0, 0.05) is 31.5 Å². The minimum Gasteiger partial charge on any atom is -0.317 e. The van der Waals surface area contributed by atoms with Gasteiger partial charge in [0.15, 0.2) is 0 Å². The van der Waals surface area contributed by atoms with Crippen molar-refractivity contribution in [1.29, 1.82) is 0 Å². The van der Waals surface area contributed by atoms with Gasteiger partial charge in [-0.25, -0.2) is 4.39 Å². The Morgan fingerprint density at radius 1 is 1.10 bits per heavy atom. The monoisotopic (exact) mass is 289 g/mol. The third-order valence-corrected chi connectivity index (χ3v) is 3.75. The van der Waals surface area contributed by atoms with E-state index in [2.05, 4.69) is 24.1 Å². The smallest absolute Gasteiger partial charge is 0.147 e. The molecule has 1 aromatic carbocycles. The van der Waals surface area contributed by atoms with Crippen LogP contribution in [0.25, 0.3) is 5.69 Å². The molecule has 21 heavy (non-hydrogen) atoms. The zero-order valence-electron chi connectivity index (χ0n) is 12.8. The summed E-state index contributed by atoms with van der Waals surface area (Å²) in [5.74, 6) is -0.196. The molecule has 0 saturated carbocycles. The molecular formula is C17H24FN3. The van der Waals surface area contributed by atoms with E-state index in [1.165, 1.54) is 6.07 Å². The lowest BCUT2D eigenvalue weighted by Crippen LogP contribution is -2.31. The highest BCUT2D eigenvalue weighted by Gasteiger charge is 2.07. The highest BCUT2D eigenvalue weighted by atomic mass is 19.1. The van der Waals surface area contributed by atoms with Crippen molar-refractivity contribution in [2.24, 2.45) is 0 Å². The predicted octanol–water partition coefficient (Wildman–Crippen LogP) is 3.05. The average molecular weight is 289 g/mol. The van der Waals surface area contributed by atoms with Crippen molar-refractivity contribution < 1.29 is 4.39 Å². The third-order valence-electron chi connectivity index (χ3n) is 3.75. The minimum atomic E-state index is -0.196. The molecule has 4 heteroatoms. The summed E-state index contributed by atoms with van der Waals surface area (Å²) >= 11 is 0. The van der Waals surface area contributed by atoms with Crippen molar-refractivity contribution in [3.05, 3.63) is 54.1 Å². The van der Waals surface area contributed by atoms with Crippen LogP contribution in [0.2, 0.25) is 0 Å². The molecule has 0 aliphatic rings. The number of aromatic nitrogens is 1. The maximum atomic E-state index is 13.9. The molecular weight excluding hydrogens is 265 g/mol. The summed E-state index contributed by atoms with van der Waals surface area (Å²) in [5, 5.41) is 3.43. The first-order valence-corrected chi connectivity index (χ1v) is 7.60. The number of para-hydroxylation sites is 1. The van der Waals surface area contributed by atoms with Crippen LogP contribution >= 0.6 is 0 Å². The van der Waals surface area contributed by atoms with E-state index >= 15 is 0 Å². The zero-order chi connectivity index (χ0) is 15.1. The van der Waals surface area contributed by atoms with Crippen LogP contribution in [0.15, 0.2) is 42.6 Å². The molecule has 0 atom stereocenters. The second-order valence-electron chi connectivity index (χ2n) is 5.02.